The molecule has 1 aromatic carbocycles. The fourth-order valence-corrected chi connectivity index (χ4v) is 2.21. The normalized spacial score (nSPS) is 11.0. The van der Waals surface area contributed by atoms with Crippen LogP contribution in [0.15, 0.2) is 12.1 Å². The number of benzene rings is 1. The molecule has 1 aromatic rings. The van der Waals surface area contributed by atoms with Gasteiger partial charge in [0.05, 0.1) is 16.4 Å². The van der Waals surface area contributed by atoms with Gasteiger partial charge >= 0.3 is 6.03 Å². The van der Waals surface area contributed by atoms with Gasteiger partial charge in [-0.25, -0.2) is 13.2 Å². The van der Waals surface area contributed by atoms with E-state index in [1.165, 1.54) is 6.07 Å². The Hall–Kier alpha value is -1.87. The number of aryl methyl sites for hydroxylation is 1. The summed E-state index contributed by atoms with van der Waals surface area (Å²) in [5.41, 5.74) is 0.445. The number of carbonyl (C=O) groups is 1. The molecule has 0 bridgehead atoms. The predicted octanol–water partition coefficient (Wildman–Crippen LogP) is 1.72. The van der Waals surface area contributed by atoms with E-state index in [4.69, 9.17) is 11.6 Å². The fourth-order valence-electron chi connectivity index (χ4n) is 1.45. The van der Waals surface area contributed by atoms with Crippen LogP contribution in [0.5, 0.6) is 0 Å². The van der Waals surface area contributed by atoms with E-state index in [1.807, 2.05) is 0 Å². The van der Waals surface area contributed by atoms with E-state index in [2.05, 4.69) is 10.6 Å². The number of sulfone groups is 1. The summed E-state index contributed by atoms with van der Waals surface area (Å²) in [5, 5.41) is 15.5. The van der Waals surface area contributed by atoms with Crippen LogP contribution < -0.4 is 10.6 Å². The average Bonchev–Trinajstić information content (AvgIpc) is 2.30. The Kier molecular flexibility index (Phi) is 5.50. The Morgan fingerprint density at radius 3 is 2.57 bits per heavy atom. The number of hydrogen-bond donors (Lipinski definition) is 2. The highest BCUT2D eigenvalue weighted by atomic mass is 35.5. The van der Waals surface area contributed by atoms with Crippen molar-refractivity contribution in [1.82, 2.24) is 5.32 Å². The molecule has 0 heterocycles. The number of urea groups is 1. The summed E-state index contributed by atoms with van der Waals surface area (Å²) in [5.74, 6) is -0.194. The number of nitrogens with zero attached hydrogens (tertiary/aromatic N) is 1. The van der Waals surface area contributed by atoms with Gasteiger partial charge in [0, 0.05) is 18.9 Å². The van der Waals surface area contributed by atoms with Crippen molar-refractivity contribution in [3.8, 4) is 0 Å². The van der Waals surface area contributed by atoms with Crippen molar-refractivity contribution < 1.29 is 18.1 Å². The van der Waals surface area contributed by atoms with Crippen molar-refractivity contribution in [3.05, 3.63) is 32.8 Å². The molecule has 21 heavy (non-hydrogen) atoms. The van der Waals surface area contributed by atoms with Crippen LogP contribution in [0.3, 0.4) is 0 Å². The summed E-state index contributed by atoms with van der Waals surface area (Å²) in [4.78, 5) is 21.7. The molecule has 0 radical (unpaired) electrons. The van der Waals surface area contributed by atoms with E-state index in [9.17, 15) is 23.3 Å². The zero-order valence-corrected chi connectivity index (χ0v) is 12.9. The lowest BCUT2D eigenvalue weighted by Gasteiger charge is -2.10. The van der Waals surface area contributed by atoms with Gasteiger partial charge < -0.3 is 10.6 Å². The Bertz CT molecular complexity index is 675. The lowest BCUT2D eigenvalue weighted by atomic mass is 10.2. The van der Waals surface area contributed by atoms with Gasteiger partial charge in [-0.1, -0.05) is 11.6 Å². The van der Waals surface area contributed by atoms with Gasteiger partial charge in [-0.15, -0.1) is 0 Å². The van der Waals surface area contributed by atoms with E-state index in [0.717, 1.165) is 12.3 Å². The van der Waals surface area contributed by atoms with E-state index in [-0.39, 0.29) is 28.7 Å². The van der Waals surface area contributed by atoms with Crippen LogP contribution in [0.25, 0.3) is 0 Å². The largest absolute Gasteiger partial charge is 0.337 e. The zero-order chi connectivity index (χ0) is 16.2. The average molecular weight is 336 g/mol. The van der Waals surface area contributed by atoms with Crippen molar-refractivity contribution in [2.75, 3.05) is 23.9 Å². The minimum atomic E-state index is -3.17. The molecule has 0 spiro atoms. The molecule has 0 saturated carbocycles. The molecule has 8 nitrogen and oxygen atoms in total. The number of hydrogen-bond acceptors (Lipinski definition) is 5. The van der Waals surface area contributed by atoms with Gasteiger partial charge in [-0.2, -0.15) is 0 Å². The van der Waals surface area contributed by atoms with Crippen molar-refractivity contribution in [2.24, 2.45) is 0 Å². The Labute approximate surface area is 126 Å². The molecule has 1 rings (SSSR count). The quantitative estimate of drug-likeness (QED) is 0.627. The Balaban J connectivity index is 2.76. The van der Waals surface area contributed by atoms with Crippen molar-refractivity contribution >= 4 is 38.8 Å². The van der Waals surface area contributed by atoms with E-state index in [1.54, 1.807) is 6.92 Å². The molecule has 2 amide bonds. The van der Waals surface area contributed by atoms with Gasteiger partial charge in [0.2, 0.25) is 0 Å². The molecule has 0 saturated heterocycles. The zero-order valence-electron chi connectivity index (χ0n) is 11.3. The highest BCUT2D eigenvalue weighted by Gasteiger charge is 2.16. The van der Waals surface area contributed by atoms with Crippen LogP contribution in [-0.2, 0) is 9.84 Å². The lowest BCUT2D eigenvalue weighted by molar-refractivity contribution is -0.384. The monoisotopic (exact) mass is 335 g/mol. The fraction of sp³-hybridized carbons (Fsp3) is 0.364. The first kappa shape index (κ1) is 17.2. The van der Waals surface area contributed by atoms with E-state index >= 15 is 0 Å². The Morgan fingerprint density at radius 2 is 2.05 bits per heavy atom. The highest BCUT2D eigenvalue weighted by Crippen LogP contribution is 2.30. The van der Waals surface area contributed by atoms with Gasteiger partial charge in [-0.05, 0) is 18.6 Å². The SMILES string of the molecule is Cc1cc(Cl)c([N+](=O)[O-])cc1NC(=O)NCCS(C)(=O)=O. The molecule has 116 valence electrons. The lowest BCUT2D eigenvalue weighted by Crippen LogP contribution is -2.32. The molecule has 0 aliphatic carbocycles. The standard InChI is InChI=1S/C11H14ClN3O5S/c1-7-5-8(12)10(15(17)18)6-9(7)14-11(16)13-3-4-21(2,19)20/h5-6H,3-4H2,1-2H3,(H2,13,14,16). The van der Waals surface area contributed by atoms with Crippen molar-refractivity contribution in [3.63, 3.8) is 0 Å². The van der Waals surface area contributed by atoms with Crippen molar-refractivity contribution in [1.29, 1.82) is 0 Å². The second-order valence-electron chi connectivity index (χ2n) is 4.39. The van der Waals surface area contributed by atoms with Crippen LogP contribution >= 0.6 is 11.6 Å². The maximum Gasteiger partial charge on any atom is 0.319 e. The van der Waals surface area contributed by atoms with Crippen LogP contribution in [-0.4, -0.2) is 37.9 Å². The van der Waals surface area contributed by atoms with Crippen LogP contribution in [0.1, 0.15) is 5.56 Å². The number of rotatable bonds is 5. The number of amides is 2. The molecule has 0 atom stereocenters. The molecule has 0 aliphatic rings. The summed E-state index contributed by atoms with van der Waals surface area (Å²) < 4.78 is 21.8. The molecule has 0 unspecified atom stereocenters. The maximum absolute atomic E-state index is 11.6. The molecular weight excluding hydrogens is 322 g/mol. The Morgan fingerprint density at radius 1 is 1.43 bits per heavy atom. The first-order valence-corrected chi connectivity index (χ1v) is 8.21. The van der Waals surface area contributed by atoms with Gasteiger partial charge in [0.25, 0.3) is 5.69 Å². The molecular formula is C11H14ClN3O5S. The summed E-state index contributed by atoms with van der Waals surface area (Å²) in [7, 11) is -3.17. The summed E-state index contributed by atoms with van der Waals surface area (Å²) in [6.45, 7) is 1.57. The van der Waals surface area contributed by atoms with Crippen LogP contribution in [0.2, 0.25) is 5.02 Å². The van der Waals surface area contributed by atoms with Crippen LogP contribution in [0, 0.1) is 17.0 Å². The van der Waals surface area contributed by atoms with Gasteiger partial charge in [-0.3, -0.25) is 10.1 Å². The number of halogens is 1. The first-order chi connectivity index (χ1) is 9.60. The predicted molar refractivity (Wildman–Crippen MR) is 79.6 cm³/mol. The highest BCUT2D eigenvalue weighted by molar-refractivity contribution is 7.90. The van der Waals surface area contributed by atoms with Gasteiger partial charge in [0.15, 0.2) is 0 Å². The van der Waals surface area contributed by atoms with E-state index in [0.29, 0.717) is 5.56 Å². The summed E-state index contributed by atoms with van der Waals surface area (Å²) in [6.07, 6.45) is 1.05. The minimum Gasteiger partial charge on any atom is -0.337 e. The second-order valence-corrected chi connectivity index (χ2v) is 7.05. The topological polar surface area (TPSA) is 118 Å². The summed E-state index contributed by atoms with van der Waals surface area (Å²) in [6, 6.07) is 1.86. The molecule has 0 aliphatic heterocycles. The summed E-state index contributed by atoms with van der Waals surface area (Å²) >= 11 is 5.73. The van der Waals surface area contributed by atoms with Gasteiger partial charge in [0.1, 0.15) is 14.9 Å². The minimum absolute atomic E-state index is 0.0273. The number of nitro groups is 1. The van der Waals surface area contributed by atoms with Crippen molar-refractivity contribution in [2.45, 2.75) is 6.92 Å². The third-order valence-electron chi connectivity index (χ3n) is 2.50. The molecule has 0 aromatic heterocycles. The third-order valence-corrected chi connectivity index (χ3v) is 3.75. The second kappa shape index (κ2) is 6.72. The number of nitro benzene ring substituents is 1. The maximum atomic E-state index is 11.6. The first-order valence-electron chi connectivity index (χ1n) is 5.77. The van der Waals surface area contributed by atoms with E-state index < -0.39 is 20.8 Å². The smallest absolute Gasteiger partial charge is 0.319 e. The molecule has 10 heteroatoms. The number of carbonyl (C=O) groups excluding carboxylic acids is 1. The van der Waals surface area contributed by atoms with Crippen LogP contribution in [0.4, 0.5) is 16.2 Å². The number of anilines is 1. The molecule has 0 fully saturated rings. The molecule has 2 N–H and O–H groups in total. The number of nitrogens with one attached hydrogen (secondary N) is 2. The third kappa shape index (κ3) is 5.56.